The van der Waals surface area contributed by atoms with Crippen LogP contribution in [-0.2, 0) is 21.4 Å². The molecule has 1 heterocycles. The van der Waals surface area contributed by atoms with E-state index in [1.807, 2.05) is 81.4 Å². The molecule has 180 valence electrons. The Balaban J connectivity index is 1.94. The number of nitrogens with one attached hydrogen (secondary N) is 2. The van der Waals surface area contributed by atoms with Crippen LogP contribution in [-0.4, -0.2) is 27.6 Å². The summed E-state index contributed by atoms with van der Waals surface area (Å²) in [6, 6.07) is 18.9. The van der Waals surface area contributed by atoms with Crippen LogP contribution in [0, 0.1) is 12.8 Å². The van der Waals surface area contributed by atoms with Crippen LogP contribution >= 0.6 is 0 Å². The standard InChI is InChI=1S/C28H36N4O2/c1-19(2)16-26(33)29-22(17-21-13-8-7-9-14-21)27(34)30-25-18-24(28(4,5)6)31-32(25)23-15-11-10-12-20(23)3/h7-15,18-19,22H,16-17H2,1-6H3,(H,29,33)(H,30,34). The third-order valence-corrected chi connectivity index (χ3v) is 5.60. The number of rotatable bonds is 8. The Labute approximate surface area is 202 Å². The Morgan fingerprint density at radius 2 is 1.65 bits per heavy atom. The molecular formula is C28H36N4O2. The number of carbonyl (C=O) groups excluding carboxylic acids is 2. The molecule has 3 rings (SSSR count). The van der Waals surface area contributed by atoms with Crippen LogP contribution in [0.25, 0.3) is 5.69 Å². The van der Waals surface area contributed by atoms with Crippen molar-refractivity contribution in [3.63, 3.8) is 0 Å². The van der Waals surface area contributed by atoms with E-state index >= 15 is 0 Å². The number of anilines is 1. The summed E-state index contributed by atoms with van der Waals surface area (Å²) >= 11 is 0. The van der Waals surface area contributed by atoms with E-state index in [0.717, 1.165) is 22.5 Å². The topological polar surface area (TPSA) is 76.0 Å². The van der Waals surface area contributed by atoms with Crippen molar-refractivity contribution in [1.82, 2.24) is 15.1 Å². The molecule has 6 heteroatoms. The zero-order valence-electron chi connectivity index (χ0n) is 21.1. The molecule has 0 spiro atoms. The fourth-order valence-electron chi connectivity index (χ4n) is 3.72. The fraction of sp³-hybridized carbons (Fsp3) is 0.393. The van der Waals surface area contributed by atoms with Gasteiger partial charge >= 0.3 is 0 Å². The van der Waals surface area contributed by atoms with E-state index in [1.54, 1.807) is 4.68 Å². The molecule has 0 aliphatic carbocycles. The lowest BCUT2D eigenvalue weighted by atomic mass is 9.92. The largest absolute Gasteiger partial charge is 0.344 e. The molecule has 0 fully saturated rings. The Morgan fingerprint density at radius 3 is 2.26 bits per heavy atom. The highest BCUT2D eigenvalue weighted by molar-refractivity contribution is 5.97. The van der Waals surface area contributed by atoms with Crippen LogP contribution in [0.5, 0.6) is 0 Å². The third kappa shape index (κ3) is 6.56. The summed E-state index contributed by atoms with van der Waals surface area (Å²) in [4.78, 5) is 26.1. The van der Waals surface area contributed by atoms with Crippen LogP contribution in [0.15, 0.2) is 60.7 Å². The molecular weight excluding hydrogens is 424 g/mol. The van der Waals surface area contributed by atoms with Gasteiger partial charge in [0.15, 0.2) is 0 Å². The summed E-state index contributed by atoms with van der Waals surface area (Å²) in [6.45, 7) is 12.3. The van der Waals surface area contributed by atoms with Crippen molar-refractivity contribution in [3.8, 4) is 5.69 Å². The number of aryl methyl sites for hydroxylation is 1. The van der Waals surface area contributed by atoms with Crippen molar-refractivity contribution in [1.29, 1.82) is 0 Å². The summed E-state index contributed by atoms with van der Waals surface area (Å²) in [5.74, 6) is 0.391. The van der Waals surface area contributed by atoms with Gasteiger partial charge in [0.1, 0.15) is 11.9 Å². The molecule has 0 aliphatic heterocycles. The van der Waals surface area contributed by atoms with Gasteiger partial charge in [-0.3, -0.25) is 9.59 Å². The van der Waals surface area contributed by atoms with E-state index in [2.05, 4.69) is 31.4 Å². The lowest BCUT2D eigenvalue weighted by molar-refractivity contribution is -0.127. The maximum atomic E-state index is 13.5. The van der Waals surface area contributed by atoms with E-state index in [-0.39, 0.29) is 23.1 Å². The first-order chi connectivity index (χ1) is 16.0. The summed E-state index contributed by atoms with van der Waals surface area (Å²) in [6.07, 6.45) is 0.773. The number of amides is 2. The lowest BCUT2D eigenvalue weighted by Crippen LogP contribution is -2.45. The molecule has 0 aliphatic rings. The molecule has 34 heavy (non-hydrogen) atoms. The van der Waals surface area contributed by atoms with Gasteiger partial charge in [0.2, 0.25) is 11.8 Å². The lowest BCUT2D eigenvalue weighted by Gasteiger charge is -2.20. The predicted molar refractivity (Wildman–Crippen MR) is 137 cm³/mol. The number of hydrogen-bond donors (Lipinski definition) is 2. The minimum Gasteiger partial charge on any atom is -0.344 e. The second kappa shape index (κ2) is 10.7. The average molecular weight is 461 g/mol. The maximum Gasteiger partial charge on any atom is 0.248 e. The molecule has 0 saturated carbocycles. The summed E-state index contributed by atoms with van der Waals surface area (Å²) in [5.41, 5.74) is 3.61. The van der Waals surface area contributed by atoms with Gasteiger partial charge in [0.25, 0.3) is 0 Å². The highest BCUT2D eigenvalue weighted by Crippen LogP contribution is 2.27. The molecule has 6 nitrogen and oxygen atoms in total. The Hall–Kier alpha value is -3.41. The summed E-state index contributed by atoms with van der Waals surface area (Å²) in [7, 11) is 0. The van der Waals surface area contributed by atoms with Crippen molar-refractivity contribution < 1.29 is 9.59 Å². The zero-order chi connectivity index (χ0) is 24.9. The number of hydrogen-bond acceptors (Lipinski definition) is 3. The first-order valence-corrected chi connectivity index (χ1v) is 11.9. The Morgan fingerprint density at radius 1 is 1.00 bits per heavy atom. The number of para-hydroxylation sites is 1. The van der Waals surface area contributed by atoms with Crippen molar-refractivity contribution in [2.45, 2.75) is 65.8 Å². The van der Waals surface area contributed by atoms with E-state index in [0.29, 0.717) is 18.7 Å². The van der Waals surface area contributed by atoms with Gasteiger partial charge in [-0.15, -0.1) is 0 Å². The molecule has 1 aromatic heterocycles. The molecule has 0 radical (unpaired) electrons. The Bertz CT molecular complexity index is 1130. The van der Waals surface area contributed by atoms with Gasteiger partial charge in [-0.05, 0) is 30.0 Å². The molecule has 1 unspecified atom stereocenters. The van der Waals surface area contributed by atoms with Crippen LogP contribution in [0.2, 0.25) is 0 Å². The molecule has 2 N–H and O–H groups in total. The molecule has 0 saturated heterocycles. The number of carbonyl (C=O) groups is 2. The Kier molecular flexibility index (Phi) is 7.92. The van der Waals surface area contributed by atoms with E-state index in [4.69, 9.17) is 5.10 Å². The molecule has 0 bridgehead atoms. The van der Waals surface area contributed by atoms with Crippen LogP contribution < -0.4 is 10.6 Å². The third-order valence-electron chi connectivity index (χ3n) is 5.60. The van der Waals surface area contributed by atoms with Crippen LogP contribution in [0.4, 0.5) is 5.82 Å². The van der Waals surface area contributed by atoms with E-state index in [1.165, 1.54) is 0 Å². The molecule has 2 aromatic carbocycles. The normalized spacial score (nSPS) is 12.4. The van der Waals surface area contributed by atoms with Crippen LogP contribution in [0.1, 0.15) is 57.9 Å². The van der Waals surface area contributed by atoms with Gasteiger partial charge in [0, 0.05) is 24.3 Å². The van der Waals surface area contributed by atoms with Gasteiger partial charge in [-0.2, -0.15) is 5.10 Å². The maximum absolute atomic E-state index is 13.5. The quantitative estimate of drug-likeness (QED) is 0.486. The van der Waals surface area contributed by atoms with Crippen LogP contribution in [0.3, 0.4) is 0 Å². The van der Waals surface area contributed by atoms with Crippen molar-refractivity contribution in [2.24, 2.45) is 5.92 Å². The van der Waals surface area contributed by atoms with Gasteiger partial charge in [-0.1, -0.05) is 83.1 Å². The highest BCUT2D eigenvalue weighted by atomic mass is 16.2. The van der Waals surface area contributed by atoms with E-state index < -0.39 is 6.04 Å². The number of aromatic nitrogens is 2. The van der Waals surface area contributed by atoms with Crippen molar-refractivity contribution in [2.75, 3.05) is 5.32 Å². The fourth-order valence-corrected chi connectivity index (χ4v) is 3.72. The molecule has 3 aromatic rings. The van der Waals surface area contributed by atoms with Crippen molar-refractivity contribution >= 4 is 17.6 Å². The smallest absolute Gasteiger partial charge is 0.248 e. The van der Waals surface area contributed by atoms with E-state index in [9.17, 15) is 9.59 Å². The first kappa shape index (κ1) is 25.2. The van der Waals surface area contributed by atoms with Gasteiger partial charge in [-0.25, -0.2) is 4.68 Å². The van der Waals surface area contributed by atoms with Gasteiger partial charge in [0.05, 0.1) is 11.4 Å². The summed E-state index contributed by atoms with van der Waals surface area (Å²) < 4.78 is 1.78. The summed E-state index contributed by atoms with van der Waals surface area (Å²) in [5, 5.41) is 10.8. The first-order valence-electron chi connectivity index (χ1n) is 11.9. The van der Waals surface area contributed by atoms with Crippen molar-refractivity contribution in [3.05, 3.63) is 77.5 Å². The minimum absolute atomic E-state index is 0.131. The number of benzene rings is 2. The number of nitrogens with zero attached hydrogens (tertiary/aromatic N) is 2. The highest BCUT2D eigenvalue weighted by Gasteiger charge is 2.26. The second-order valence-corrected chi connectivity index (χ2v) is 10.3. The average Bonchev–Trinajstić information content (AvgIpc) is 3.18. The molecule has 2 amide bonds. The SMILES string of the molecule is Cc1ccccc1-n1nc(C(C)(C)C)cc1NC(=O)C(Cc1ccccc1)NC(=O)CC(C)C. The van der Waals surface area contributed by atoms with Gasteiger partial charge < -0.3 is 10.6 Å². The zero-order valence-corrected chi connectivity index (χ0v) is 21.1. The minimum atomic E-state index is -0.702. The molecule has 1 atom stereocenters. The monoisotopic (exact) mass is 460 g/mol. The second-order valence-electron chi connectivity index (χ2n) is 10.3. The predicted octanol–water partition coefficient (Wildman–Crippen LogP) is 5.19.